The third kappa shape index (κ3) is 4.22. The van der Waals surface area contributed by atoms with Crippen LogP contribution in [0.5, 0.6) is 0 Å². The fraction of sp³-hybridized carbons (Fsp3) is 0.389. The van der Waals surface area contributed by atoms with Crippen LogP contribution in [0, 0.1) is 10.1 Å². The van der Waals surface area contributed by atoms with Crippen molar-refractivity contribution in [2.45, 2.75) is 45.4 Å². The Kier molecular flexibility index (Phi) is 5.07. The number of ether oxygens (including phenoxy) is 1. The molecule has 2 aromatic rings. The first-order chi connectivity index (χ1) is 11.2. The molecule has 128 valence electrons. The molecule has 0 aliphatic heterocycles. The third-order valence-corrected chi connectivity index (χ3v) is 3.65. The van der Waals surface area contributed by atoms with Gasteiger partial charge in [-0.1, -0.05) is 42.5 Å². The van der Waals surface area contributed by atoms with E-state index in [9.17, 15) is 14.9 Å². The second-order valence-corrected chi connectivity index (χ2v) is 6.72. The van der Waals surface area contributed by atoms with Crippen molar-refractivity contribution in [2.75, 3.05) is 0 Å². The summed E-state index contributed by atoms with van der Waals surface area (Å²) in [5.74, 6) is 0. The molecule has 1 amide bonds. The van der Waals surface area contributed by atoms with Crippen LogP contribution in [0.2, 0.25) is 0 Å². The van der Waals surface area contributed by atoms with Gasteiger partial charge in [0.2, 0.25) is 6.04 Å². The van der Waals surface area contributed by atoms with E-state index in [1.165, 1.54) is 6.92 Å². The van der Waals surface area contributed by atoms with Crippen LogP contribution in [0.1, 0.15) is 39.3 Å². The van der Waals surface area contributed by atoms with Crippen molar-refractivity contribution in [2.24, 2.45) is 0 Å². The Balaban J connectivity index is 2.42. The highest BCUT2D eigenvalue weighted by molar-refractivity contribution is 5.86. The Hall–Kier alpha value is -2.63. The Morgan fingerprint density at radius 2 is 1.79 bits per heavy atom. The molecule has 0 fully saturated rings. The number of nitrogens with one attached hydrogen (secondary N) is 1. The highest BCUT2D eigenvalue weighted by Crippen LogP contribution is 2.27. The number of alkyl carbamates (subject to hydrolysis) is 1. The zero-order valence-corrected chi connectivity index (χ0v) is 14.3. The average molecular weight is 330 g/mol. The lowest BCUT2D eigenvalue weighted by molar-refractivity contribution is -0.523. The molecule has 24 heavy (non-hydrogen) atoms. The van der Waals surface area contributed by atoms with E-state index in [-0.39, 0.29) is 0 Å². The van der Waals surface area contributed by atoms with E-state index in [4.69, 9.17) is 4.74 Å². The van der Waals surface area contributed by atoms with Crippen molar-refractivity contribution >= 4 is 16.9 Å². The standard InChI is InChI=1S/C18H22N2O4/c1-12(20(22)23)16(19-17(21)24-18(2,3)4)15-11-7-9-13-8-5-6-10-14(13)15/h5-12,16H,1-4H3,(H,19,21)/t12-,16-/m0/s1. The van der Waals surface area contributed by atoms with Crippen LogP contribution < -0.4 is 5.32 Å². The van der Waals surface area contributed by atoms with E-state index in [0.717, 1.165) is 10.8 Å². The molecule has 1 N–H and O–H groups in total. The topological polar surface area (TPSA) is 81.5 Å². The van der Waals surface area contributed by atoms with Crippen molar-refractivity contribution in [1.82, 2.24) is 5.32 Å². The quantitative estimate of drug-likeness (QED) is 0.677. The van der Waals surface area contributed by atoms with Crippen molar-refractivity contribution < 1.29 is 14.5 Å². The van der Waals surface area contributed by atoms with Crippen LogP contribution in [0.4, 0.5) is 4.79 Å². The van der Waals surface area contributed by atoms with E-state index >= 15 is 0 Å². The summed E-state index contributed by atoms with van der Waals surface area (Å²) >= 11 is 0. The number of amides is 1. The van der Waals surface area contributed by atoms with Gasteiger partial charge in [0.1, 0.15) is 11.6 Å². The van der Waals surface area contributed by atoms with Gasteiger partial charge in [-0.05, 0) is 37.1 Å². The van der Waals surface area contributed by atoms with Gasteiger partial charge in [-0.2, -0.15) is 0 Å². The van der Waals surface area contributed by atoms with Gasteiger partial charge in [-0.25, -0.2) is 4.79 Å². The molecule has 0 aliphatic carbocycles. The zero-order chi connectivity index (χ0) is 17.9. The molecule has 2 atom stereocenters. The number of nitro groups is 1. The highest BCUT2D eigenvalue weighted by Gasteiger charge is 2.32. The third-order valence-electron chi connectivity index (χ3n) is 3.65. The summed E-state index contributed by atoms with van der Waals surface area (Å²) in [4.78, 5) is 23.1. The van der Waals surface area contributed by atoms with Gasteiger partial charge in [-0.15, -0.1) is 0 Å². The summed E-state index contributed by atoms with van der Waals surface area (Å²) in [7, 11) is 0. The number of hydrogen-bond acceptors (Lipinski definition) is 4. The predicted octanol–water partition coefficient (Wildman–Crippen LogP) is 4.07. The van der Waals surface area contributed by atoms with Crippen molar-refractivity contribution in [3.05, 3.63) is 58.1 Å². The van der Waals surface area contributed by atoms with Gasteiger partial charge in [0.05, 0.1) is 0 Å². The number of fused-ring (bicyclic) bond motifs is 1. The van der Waals surface area contributed by atoms with Gasteiger partial charge >= 0.3 is 6.09 Å². The minimum Gasteiger partial charge on any atom is -0.444 e. The van der Waals surface area contributed by atoms with Crippen molar-refractivity contribution in [1.29, 1.82) is 0 Å². The van der Waals surface area contributed by atoms with E-state index in [1.807, 2.05) is 36.4 Å². The van der Waals surface area contributed by atoms with Gasteiger partial charge in [0, 0.05) is 11.8 Å². The Morgan fingerprint density at radius 1 is 1.17 bits per heavy atom. The van der Waals surface area contributed by atoms with Crippen molar-refractivity contribution in [3.8, 4) is 0 Å². The average Bonchev–Trinajstić information content (AvgIpc) is 2.49. The molecule has 0 aromatic heterocycles. The predicted molar refractivity (Wildman–Crippen MR) is 92.5 cm³/mol. The molecule has 0 unspecified atom stereocenters. The van der Waals surface area contributed by atoms with E-state index in [1.54, 1.807) is 26.8 Å². The maximum Gasteiger partial charge on any atom is 0.408 e. The number of benzene rings is 2. The highest BCUT2D eigenvalue weighted by atomic mass is 16.6. The number of hydrogen-bond donors (Lipinski definition) is 1. The van der Waals surface area contributed by atoms with E-state index in [0.29, 0.717) is 5.56 Å². The van der Waals surface area contributed by atoms with E-state index in [2.05, 4.69) is 5.32 Å². The van der Waals surface area contributed by atoms with Crippen LogP contribution >= 0.6 is 0 Å². The van der Waals surface area contributed by atoms with Gasteiger partial charge in [0.15, 0.2) is 0 Å². The molecule has 2 rings (SSSR count). The normalized spacial score (nSPS) is 14.0. The lowest BCUT2D eigenvalue weighted by atomic mass is 9.95. The molecule has 6 nitrogen and oxygen atoms in total. The molecule has 0 heterocycles. The first-order valence-corrected chi connectivity index (χ1v) is 7.80. The second-order valence-electron chi connectivity index (χ2n) is 6.72. The summed E-state index contributed by atoms with van der Waals surface area (Å²) in [5, 5.41) is 15.8. The minimum absolute atomic E-state index is 0.399. The number of carbonyl (C=O) groups excluding carboxylic acids is 1. The zero-order valence-electron chi connectivity index (χ0n) is 14.3. The van der Waals surface area contributed by atoms with E-state index < -0.39 is 28.7 Å². The summed E-state index contributed by atoms with van der Waals surface area (Å²) in [6.45, 7) is 6.72. The largest absolute Gasteiger partial charge is 0.444 e. The summed E-state index contributed by atoms with van der Waals surface area (Å²) < 4.78 is 5.26. The molecular formula is C18H22N2O4. The van der Waals surface area contributed by atoms with Crippen LogP contribution in [-0.4, -0.2) is 22.7 Å². The molecule has 2 aromatic carbocycles. The maximum absolute atomic E-state index is 12.1. The fourth-order valence-electron chi connectivity index (χ4n) is 2.54. The monoisotopic (exact) mass is 330 g/mol. The van der Waals surface area contributed by atoms with Crippen LogP contribution in [0.15, 0.2) is 42.5 Å². The molecule has 0 radical (unpaired) electrons. The number of rotatable bonds is 4. The smallest absolute Gasteiger partial charge is 0.408 e. The fourth-order valence-corrected chi connectivity index (χ4v) is 2.54. The maximum atomic E-state index is 12.1. The van der Waals surface area contributed by atoms with Crippen LogP contribution in [0.3, 0.4) is 0 Å². The van der Waals surface area contributed by atoms with Gasteiger partial charge < -0.3 is 10.1 Å². The summed E-state index contributed by atoms with van der Waals surface area (Å²) in [6, 6.07) is 11.4. The first-order valence-electron chi connectivity index (χ1n) is 7.80. The lowest BCUT2D eigenvalue weighted by Gasteiger charge is -2.25. The Labute approximate surface area is 141 Å². The molecule has 0 aliphatic rings. The van der Waals surface area contributed by atoms with Gasteiger partial charge in [0.25, 0.3) is 0 Å². The van der Waals surface area contributed by atoms with Crippen LogP contribution in [0.25, 0.3) is 10.8 Å². The molecule has 0 bridgehead atoms. The minimum atomic E-state index is -0.997. The number of carbonyl (C=O) groups is 1. The molecule has 0 saturated carbocycles. The SMILES string of the molecule is C[C@@H]([C@H](NC(=O)OC(C)(C)C)c1cccc2ccccc12)[N+](=O)[O-]. The number of nitrogens with zero attached hydrogens (tertiary/aromatic N) is 1. The van der Waals surface area contributed by atoms with Crippen molar-refractivity contribution in [3.63, 3.8) is 0 Å². The molecular weight excluding hydrogens is 308 g/mol. The second kappa shape index (κ2) is 6.86. The van der Waals surface area contributed by atoms with Gasteiger partial charge in [-0.3, -0.25) is 10.1 Å². The molecule has 0 saturated heterocycles. The molecule has 6 heteroatoms. The Morgan fingerprint density at radius 3 is 2.42 bits per heavy atom. The first kappa shape index (κ1) is 17.7. The lowest BCUT2D eigenvalue weighted by Crippen LogP contribution is -2.41. The Bertz CT molecular complexity index is 747. The summed E-state index contributed by atoms with van der Waals surface area (Å²) in [6.07, 6.45) is -0.672. The van der Waals surface area contributed by atoms with Crippen LogP contribution in [-0.2, 0) is 4.74 Å². The molecule has 0 spiro atoms. The summed E-state index contributed by atoms with van der Waals surface area (Å²) in [5.41, 5.74) is 0.0220.